The summed E-state index contributed by atoms with van der Waals surface area (Å²) in [4.78, 5) is 25.6. The SMILES string of the molecule is Cc1nn(-c2ccccc2)c2sc(C(=O)NC3(C(=O)O)CCOC3)cc12. The molecule has 26 heavy (non-hydrogen) atoms. The van der Waals surface area contributed by atoms with E-state index in [1.807, 2.05) is 37.3 Å². The summed E-state index contributed by atoms with van der Waals surface area (Å²) in [5.74, 6) is -1.48. The number of amides is 1. The van der Waals surface area contributed by atoms with Crippen molar-refractivity contribution < 1.29 is 19.4 Å². The third-order valence-electron chi connectivity index (χ3n) is 4.55. The number of ether oxygens (including phenoxy) is 1. The van der Waals surface area contributed by atoms with Crippen molar-refractivity contribution in [2.24, 2.45) is 0 Å². The molecule has 1 aliphatic rings. The summed E-state index contributed by atoms with van der Waals surface area (Å²) in [5.41, 5.74) is 0.371. The number of aromatic nitrogens is 2. The number of hydrogen-bond acceptors (Lipinski definition) is 5. The lowest BCUT2D eigenvalue weighted by Crippen LogP contribution is -2.55. The number of carboxylic acids is 1. The fraction of sp³-hybridized carbons (Fsp3) is 0.278. The lowest BCUT2D eigenvalue weighted by molar-refractivity contribution is -0.144. The molecule has 1 amide bonds. The van der Waals surface area contributed by atoms with E-state index >= 15 is 0 Å². The van der Waals surface area contributed by atoms with Crippen LogP contribution < -0.4 is 5.32 Å². The maximum Gasteiger partial charge on any atom is 0.331 e. The van der Waals surface area contributed by atoms with Gasteiger partial charge in [0.15, 0.2) is 5.54 Å². The Bertz CT molecular complexity index is 987. The average Bonchev–Trinajstić information content (AvgIpc) is 3.33. The summed E-state index contributed by atoms with van der Waals surface area (Å²) in [7, 11) is 0. The van der Waals surface area contributed by atoms with Crippen LogP contribution in [0.25, 0.3) is 15.9 Å². The van der Waals surface area contributed by atoms with Crippen molar-refractivity contribution in [3.05, 3.63) is 47.0 Å². The zero-order valence-electron chi connectivity index (χ0n) is 14.1. The molecule has 3 heterocycles. The minimum atomic E-state index is -1.35. The molecular weight excluding hydrogens is 354 g/mol. The number of hydrogen-bond donors (Lipinski definition) is 2. The first-order valence-electron chi connectivity index (χ1n) is 8.18. The summed E-state index contributed by atoms with van der Waals surface area (Å²) in [6, 6.07) is 11.4. The molecule has 0 saturated carbocycles. The number of nitrogens with zero attached hydrogens (tertiary/aromatic N) is 2. The van der Waals surface area contributed by atoms with E-state index in [9.17, 15) is 14.7 Å². The molecule has 134 valence electrons. The number of aryl methyl sites for hydroxylation is 1. The van der Waals surface area contributed by atoms with Crippen LogP contribution in [0, 0.1) is 6.92 Å². The van der Waals surface area contributed by atoms with E-state index in [-0.39, 0.29) is 13.0 Å². The van der Waals surface area contributed by atoms with Gasteiger partial charge >= 0.3 is 5.97 Å². The summed E-state index contributed by atoms with van der Waals surface area (Å²) >= 11 is 1.30. The average molecular weight is 371 g/mol. The summed E-state index contributed by atoms with van der Waals surface area (Å²) in [6.45, 7) is 2.19. The fourth-order valence-electron chi connectivity index (χ4n) is 3.07. The summed E-state index contributed by atoms with van der Waals surface area (Å²) < 4.78 is 7.00. The molecule has 3 aromatic rings. The smallest absolute Gasteiger partial charge is 0.331 e. The van der Waals surface area contributed by atoms with Gasteiger partial charge in [0.05, 0.1) is 22.9 Å². The molecule has 2 aromatic heterocycles. The topological polar surface area (TPSA) is 93.5 Å². The zero-order chi connectivity index (χ0) is 18.3. The molecule has 1 aliphatic heterocycles. The Hall–Kier alpha value is -2.71. The molecular formula is C18H17N3O4S. The molecule has 1 fully saturated rings. The molecule has 8 heteroatoms. The summed E-state index contributed by atoms with van der Waals surface area (Å²) in [5, 5.41) is 17.6. The first-order valence-corrected chi connectivity index (χ1v) is 9.00. The van der Waals surface area contributed by atoms with Gasteiger partial charge in [-0.05, 0) is 25.1 Å². The number of carbonyl (C=O) groups is 2. The number of carbonyl (C=O) groups excluding carboxylic acids is 1. The lowest BCUT2D eigenvalue weighted by Gasteiger charge is -2.23. The monoisotopic (exact) mass is 371 g/mol. The Balaban J connectivity index is 1.70. The number of thiophene rings is 1. The van der Waals surface area contributed by atoms with Crippen LogP contribution in [0.15, 0.2) is 36.4 Å². The highest BCUT2D eigenvalue weighted by molar-refractivity contribution is 7.20. The Morgan fingerprint density at radius 1 is 1.35 bits per heavy atom. The molecule has 1 saturated heterocycles. The largest absolute Gasteiger partial charge is 0.479 e. The fourth-order valence-corrected chi connectivity index (χ4v) is 4.15. The van der Waals surface area contributed by atoms with Gasteiger partial charge in [-0.15, -0.1) is 11.3 Å². The molecule has 7 nitrogen and oxygen atoms in total. The standard InChI is InChI=1S/C18H17N3O4S/c1-11-13-9-14(15(22)19-18(17(23)24)7-8-25-10-18)26-16(13)21(20-11)12-5-3-2-4-6-12/h2-6,9H,7-8,10H2,1H3,(H,19,22)(H,23,24). The number of aliphatic carboxylic acids is 1. The van der Waals surface area contributed by atoms with Crippen LogP contribution in [0.1, 0.15) is 21.8 Å². The van der Waals surface area contributed by atoms with Crippen LogP contribution >= 0.6 is 11.3 Å². The second-order valence-electron chi connectivity index (χ2n) is 6.31. The maximum absolute atomic E-state index is 12.7. The molecule has 0 aliphatic carbocycles. The van der Waals surface area contributed by atoms with E-state index in [0.29, 0.717) is 11.5 Å². The minimum Gasteiger partial charge on any atom is -0.479 e. The molecule has 2 N–H and O–H groups in total. The molecule has 4 rings (SSSR count). The molecule has 1 unspecified atom stereocenters. The number of para-hydroxylation sites is 1. The zero-order valence-corrected chi connectivity index (χ0v) is 14.9. The van der Waals surface area contributed by atoms with Gasteiger partial charge < -0.3 is 15.2 Å². The van der Waals surface area contributed by atoms with E-state index in [4.69, 9.17) is 4.74 Å². The Kier molecular flexibility index (Phi) is 4.01. The molecule has 1 atom stereocenters. The highest BCUT2D eigenvalue weighted by Gasteiger charge is 2.44. The van der Waals surface area contributed by atoms with E-state index in [1.165, 1.54) is 11.3 Å². The van der Waals surface area contributed by atoms with E-state index in [0.717, 1.165) is 21.6 Å². The van der Waals surface area contributed by atoms with Crippen molar-refractivity contribution >= 4 is 33.4 Å². The maximum atomic E-state index is 12.7. The van der Waals surface area contributed by atoms with E-state index < -0.39 is 17.4 Å². The van der Waals surface area contributed by atoms with E-state index in [2.05, 4.69) is 10.4 Å². The van der Waals surface area contributed by atoms with E-state index in [1.54, 1.807) is 10.7 Å². The Labute approximate surface area is 153 Å². The Morgan fingerprint density at radius 2 is 2.12 bits per heavy atom. The van der Waals surface area contributed by atoms with Crippen LogP contribution in [0.5, 0.6) is 0 Å². The molecule has 0 radical (unpaired) electrons. The number of carboxylic acid groups (broad SMARTS) is 1. The second kappa shape index (κ2) is 6.22. The van der Waals surface area contributed by atoms with Crippen molar-refractivity contribution in [2.75, 3.05) is 13.2 Å². The quantitative estimate of drug-likeness (QED) is 0.734. The molecule has 0 spiro atoms. The predicted molar refractivity (Wildman–Crippen MR) is 97.0 cm³/mol. The first-order chi connectivity index (χ1) is 12.5. The van der Waals surface area contributed by atoms with Crippen molar-refractivity contribution in [1.29, 1.82) is 0 Å². The van der Waals surface area contributed by atoms with Gasteiger partial charge in [-0.1, -0.05) is 18.2 Å². The third-order valence-corrected chi connectivity index (χ3v) is 5.66. The second-order valence-corrected chi connectivity index (χ2v) is 7.34. The number of nitrogens with one attached hydrogen (secondary N) is 1. The van der Waals surface area contributed by atoms with Gasteiger partial charge in [0, 0.05) is 18.4 Å². The predicted octanol–water partition coefficient (Wildman–Crippen LogP) is 2.37. The Morgan fingerprint density at radius 3 is 2.77 bits per heavy atom. The highest BCUT2D eigenvalue weighted by Crippen LogP contribution is 2.31. The van der Waals surface area contributed by atoms with Crippen molar-refractivity contribution in [2.45, 2.75) is 18.9 Å². The van der Waals surface area contributed by atoms with Gasteiger partial charge in [-0.25, -0.2) is 9.48 Å². The van der Waals surface area contributed by atoms with Crippen LogP contribution in [0.3, 0.4) is 0 Å². The van der Waals surface area contributed by atoms with Gasteiger partial charge in [0.25, 0.3) is 5.91 Å². The van der Waals surface area contributed by atoms with Crippen LogP contribution in [0.2, 0.25) is 0 Å². The van der Waals surface area contributed by atoms with Crippen molar-refractivity contribution in [3.63, 3.8) is 0 Å². The van der Waals surface area contributed by atoms with Crippen molar-refractivity contribution in [3.8, 4) is 5.69 Å². The number of rotatable bonds is 4. The van der Waals surface area contributed by atoms with Gasteiger partial charge in [-0.3, -0.25) is 4.79 Å². The third kappa shape index (κ3) is 2.67. The van der Waals surface area contributed by atoms with Crippen LogP contribution in [-0.2, 0) is 9.53 Å². The molecule has 0 bridgehead atoms. The van der Waals surface area contributed by atoms with Crippen LogP contribution in [-0.4, -0.2) is 45.5 Å². The van der Waals surface area contributed by atoms with Gasteiger partial charge in [0.1, 0.15) is 4.83 Å². The normalized spacial score (nSPS) is 19.7. The van der Waals surface area contributed by atoms with Gasteiger partial charge in [0.2, 0.25) is 0 Å². The molecule has 1 aromatic carbocycles. The first kappa shape index (κ1) is 16.7. The van der Waals surface area contributed by atoms with Crippen molar-refractivity contribution in [1.82, 2.24) is 15.1 Å². The number of fused-ring (bicyclic) bond motifs is 1. The van der Waals surface area contributed by atoms with Crippen LogP contribution in [0.4, 0.5) is 0 Å². The minimum absolute atomic E-state index is 0.0181. The van der Waals surface area contributed by atoms with Gasteiger partial charge in [-0.2, -0.15) is 5.10 Å². The highest BCUT2D eigenvalue weighted by atomic mass is 32.1. The number of benzene rings is 1. The lowest BCUT2D eigenvalue weighted by atomic mass is 9.99. The summed E-state index contributed by atoms with van der Waals surface area (Å²) in [6.07, 6.45) is 0.260.